The van der Waals surface area contributed by atoms with E-state index in [4.69, 9.17) is 0 Å². The fourth-order valence-corrected chi connectivity index (χ4v) is 2.18. The van der Waals surface area contributed by atoms with Crippen molar-refractivity contribution in [3.8, 4) is 5.69 Å². The van der Waals surface area contributed by atoms with E-state index < -0.39 is 0 Å². The Morgan fingerprint density at radius 3 is 2.83 bits per heavy atom. The molecule has 0 bridgehead atoms. The molecule has 0 saturated heterocycles. The molecule has 3 aromatic rings. The number of hydrogen-bond donors (Lipinski definition) is 1. The molecule has 1 amide bonds. The second kappa shape index (κ2) is 6.87. The standard InChI is InChI=1S/C16H17N5O2/c1-12-15(20-23-19-12)9-16(22)17-8-7-13-10-18-21(11-13)14-5-3-2-4-6-14/h2-6,10-11H,7-9H2,1H3,(H,17,22). The maximum absolute atomic E-state index is 11.8. The summed E-state index contributed by atoms with van der Waals surface area (Å²) in [6, 6.07) is 9.89. The van der Waals surface area contributed by atoms with Crippen LogP contribution >= 0.6 is 0 Å². The molecule has 0 aliphatic carbocycles. The van der Waals surface area contributed by atoms with E-state index in [-0.39, 0.29) is 12.3 Å². The highest BCUT2D eigenvalue weighted by molar-refractivity contribution is 5.78. The molecule has 2 aromatic heterocycles. The lowest BCUT2D eigenvalue weighted by Gasteiger charge is -2.02. The number of benzene rings is 1. The molecule has 0 fully saturated rings. The van der Waals surface area contributed by atoms with E-state index in [1.165, 1.54) is 0 Å². The van der Waals surface area contributed by atoms with Gasteiger partial charge in [0.2, 0.25) is 5.91 Å². The third-order valence-electron chi connectivity index (χ3n) is 3.47. The number of carbonyl (C=O) groups excluding carboxylic acids is 1. The highest BCUT2D eigenvalue weighted by atomic mass is 16.6. The summed E-state index contributed by atoms with van der Waals surface area (Å²) in [5.41, 5.74) is 3.29. The molecule has 1 aromatic carbocycles. The predicted octanol–water partition coefficient (Wildman–Crippen LogP) is 1.47. The molecule has 7 heteroatoms. The van der Waals surface area contributed by atoms with Gasteiger partial charge in [0, 0.05) is 12.7 Å². The molecule has 7 nitrogen and oxygen atoms in total. The number of para-hydroxylation sites is 1. The molecule has 0 spiro atoms. The van der Waals surface area contributed by atoms with E-state index in [9.17, 15) is 4.79 Å². The Balaban J connectivity index is 1.49. The van der Waals surface area contributed by atoms with Gasteiger partial charge in [0.1, 0.15) is 11.4 Å². The van der Waals surface area contributed by atoms with Gasteiger partial charge in [0.25, 0.3) is 0 Å². The number of rotatable bonds is 6. The number of aromatic nitrogens is 4. The lowest BCUT2D eigenvalue weighted by Crippen LogP contribution is -2.27. The summed E-state index contributed by atoms with van der Waals surface area (Å²) in [6.07, 6.45) is 4.67. The molecule has 23 heavy (non-hydrogen) atoms. The molecule has 0 unspecified atom stereocenters. The van der Waals surface area contributed by atoms with Crippen LogP contribution in [0.3, 0.4) is 0 Å². The normalized spacial score (nSPS) is 10.7. The van der Waals surface area contributed by atoms with Crippen LogP contribution in [0.25, 0.3) is 5.69 Å². The summed E-state index contributed by atoms with van der Waals surface area (Å²) in [5, 5.41) is 14.5. The molecule has 0 saturated carbocycles. The van der Waals surface area contributed by atoms with Crippen molar-refractivity contribution < 1.29 is 9.42 Å². The van der Waals surface area contributed by atoms with Crippen molar-refractivity contribution in [3.05, 3.63) is 59.7 Å². The number of nitrogens with one attached hydrogen (secondary N) is 1. The molecule has 0 aliphatic heterocycles. The molecule has 0 radical (unpaired) electrons. The Hall–Kier alpha value is -2.96. The van der Waals surface area contributed by atoms with Crippen LogP contribution in [0.5, 0.6) is 0 Å². The first-order valence-electron chi connectivity index (χ1n) is 7.36. The van der Waals surface area contributed by atoms with Gasteiger partial charge in [0.05, 0.1) is 18.3 Å². The van der Waals surface area contributed by atoms with E-state index in [0.29, 0.717) is 24.4 Å². The molecular formula is C16H17N5O2. The topological polar surface area (TPSA) is 85.8 Å². The molecule has 3 rings (SSSR count). The molecule has 0 aliphatic rings. The van der Waals surface area contributed by atoms with Gasteiger partial charge in [-0.05, 0) is 31.0 Å². The zero-order valence-electron chi connectivity index (χ0n) is 12.8. The van der Waals surface area contributed by atoms with E-state index in [1.807, 2.05) is 47.4 Å². The van der Waals surface area contributed by atoms with Crippen molar-refractivity contribution in [2.75, 3.05) is 6.54 Å². The second-order valence-electron chi connectivity index (χ2n) is 5.20. The van der Waals surface area contributed by atoms with Crippen LogP contribution in [0.1, 0.15) is 17.0 Å². The minimum absolute atomic E-state index is 0.0979. The molecule has 118 valence electrons. The van der Waals surface area contributed by atoms with Crippen molar-refractivity contribution in [3.63, 3.8) is 0 Å². The van der Waals surface area contributed by atoms with Crippen molar-refractivity contribution >= 4 is 5.91 Å². The Morgan fingerprint density at radius 1 is 1.26 bits per heavy atom. The van der Waals surface area contributed by atoms with Crippen LogP contribution in [0.4, 0.5) is 0 Å². The lowest BCUT2D eigenvalue weighted by atomic mass is 10.2. The summed E-state index contributed by atoms with van der Waals surface area (Å²) in [4.78, 5) is 11.8. The number of hydrogen-bond acceptors (Lipinski definition) is 5. The maximum atomic E-state index is 11.8. The van der Waals surface area contributed by atoms with Crippen molar-refractivity contribution in [2.24, 2.45) is 0 Å². The minimum atomic E-state index is -0.0979. The summed E-state index contributed by atoms with van der Waals surface area (Å²) in [7, 11) is 0. The highest BCUT2D eigenvalue weighted by Crippen LogP contribution is 2.08. The summed E-state index contributed by atoms with van der Waals surface area (Å²) in [6.45, 7) is 2.31. The van der Waals surface area contributed by atoms with Crippen LogP contribution in [-0.2, 0) is 17.6 Å². The predicted molar refractivity (Wildman–Crippen MR) is 83.0 cm³/mol. The van der Waals surface area contributed by atoms with Gasteiger partial charge >= 0.3 is 0 Å². The lowest BCUT2D eigenvalue weighted by molar-refractivity contribution is -0.120. The average molecular weight is 311 g/mol. The average Bonchev–Trinajstić information content (AvgIpc) is 3.18. The fourth-order valence-electron chi connectivity index (χ4n) is 2.18. The Labute approximate surface area is 133 Å². The minimum Gasteiger partial charge on any atom is -0.355 e. The van der Waals surface area contributed by atoms with E-state index in [0.717, 1.165) is 11.3 Å². The fraction of sp³-hybridized carbons (Fsp3) is 0.250. The quantitative estimate of drug-likeness (QED) is 0.745. The zero-order chi connectivity index (χ0) is 16.1. The maximum Gasteiger partial charge on any atom is 0.226 e. The highest BCUT2D eigenvalue weighted by Gasteiger charge is 2.10. The van der Waals surface area contributed by atoms with Crippen LogP contribution in [0.2, 0.25) is 0 Å². The van der Waals surface area contributed by atoms with Crippen molar-refractivity contribution in [2.45, 2.75) is 19.8 Å². The monoisotopic (exact) mass is 311 g/mol. The third-order valence-corrected chi connectivity index (χ3v) is 3.47. The van der Waals surface area contributed by atoms with E-state index in [2.05, 4.69) is 25.4 Å². The SMILES string of the molecule is Cc1nonc1CC(=O)NCCc1cnn(-c2ccccc2)c1. The third kappa shape index (κ3) is 3.82. The van der Waals surface area contributed by atoms with Gasteiger partial charge in [-0.2, -0.15) is 5.10 Å². The van der Waals surface area contributed by atoms with Gasteiger partial charge in [-0.25, -0.2) is 9.31 Å². The zero-order valence-corrected chi connectivity index (χ0v) is 12.8. The summed E-state index contributed by atoms with van der Waals surface area (Å²) < 4.78 is 6.39. The van der Waals surface area contributed by atoms with Gasteiger partial charge in [-0.15, -0.1) is 0 Å². The van der Waals surface area contributed by atoms with Crippen LogP contribution < -0.4 is 5.32 Å². The Morgan fingerprint density at radius 2 is 2.09 bits per heavy atom. The first kappa shape index (κ1) is 15.0. The van der Waals surface area contributed by atoms with Crippen molar-refractivity contribution in [1.29, 1.82) is 0 Å². The number of amides is 1. The van der Waals surface area contributed by atoms with E-state index >= 15 is 0 Å². The summed E-state index contributed by atoms with van der Waals surface area (Å²) >= 11 is 0. The molecule has 1 N–H and O–H groups in total. The smallest absolute Gasteiger partial charge is 0.226 e. The number of aryl methyl sites for hydroxylation is 1. The largest absolute Gasteiger partial charge is 0.355 e. The van der Waals surface area contributed by atoms with Gasteiger partial charge in [0.15, 0.2) is 0 Å². The Bertz CT molecular complexity index is 779. The molecular weight excluding hydrogens is 294 g/mol. The van der Waals surface area contributed by atoms with Crippen LogP contribution in [-0.4, -0.2) is 32.5 Å². The Kier molecular flexibility index (Phi) is 4.46. The van der Waals surface area contributed by atoms with Crippen molar-refractivity contribution in [1.82, 2.24) is 25.4 Å². The number of nitrogens with zero attached hydrogens (tertiary/aromatic N) is 4. The summed E-state index contributed by atoms with van der Waals surface area (Å²) in [5.74, 6) is -0.0979. The van der Waals surface area contributed by atoms with E-state index in [1.54, 1.807) is 6.92 Å². The second-order valence-corrected chi connectivity index (χ2v) is 5.20. The van der Waals surface area contributed by atoms with Crippen LogP contribution in [0, 0.1) is 6.92 Å². The van der Waals surface area contributed by atoms with Gasteiger partial charge < -0.3 is 5.32 Å². The van der Waals surface area contributed by atoms with Crippen LogP contribution in [0.15, 0.2) is 47.4 Å². The van der Waals surface area contributed by atoms with Gasteiger partial charge in [-0.3, -0.25) is 4.79 Å². The first-order chi connectivity index (χ1) is 11.2. The molecule has 2 heterocycles. The first-order valence-corrected chi connectivity index (χ1v) is 7.36. The molecule has 0 atom stereocenters. The van der Waals surface area contributed by atoms with Gasteiger partial charge in [-0.1, -0.05) is 28.5 Å². The number of carbonyl (C=O) groups is 1.